The molecule has 22 heavy (non-hydrogen) atoms. The van der Waals surface area contributed by atoms with E-state index in [1.165, 1.54) is 31.2 Å². The van der Waals surface area contributed by atoms with Gasteiger partial charge >= 0.3 is 0 Å². The molecule has 0 unspecified atom stereocenters. The van der Waals surface area contributed by atoms with Crippen LogP contribution in [0.4, 0.5) is 0 Å². The van der Waals surface area contributed by atoms with Crippen molar-refractivity contribution >= 4 is 17.2 Å². The number of primary amides is 1. The van der Waals surface area contributed by atoms with Gasteiger partial charge < -0.3 is 5.73 Å². The van der Waals surface area contributed by atoms with Crippen molar-refractivity contribution in [2.24, 2.45) is 5.73 Å². The number of unbranched alkanes of at least 4 members (excludes halogenated alkanes) is 3. The fourth-order valence-electron chi connectivity index (χ4n) is 2.53. The van der Waals surface area contributed by atoms with E-state index in [2.05, 4.69) is 36.2 Å². The van der Waals surface area contributed by atoms with Crippen molar-refractivity contribution < 1.29 is 4.79 Å². The quantitative estimate of drug-likeness (QED) is 0.739. The van der Waals surface area contributed by atoms with E-state index in [0.717, 1.165) is 27.6 Å². The van der Waals surface area contributed by atoms with Gasteiger partial charge in [0.25, 0.3) is 0 Å². The Labute approximate surface area is 136 Å². The van der Waals surface area contributed by atoms with E-state index in [0.29, 0.717) is 0 Å². The van der Waals surface area contributed by atoms with Gasteiger partial charge in [-0.2, -0.15) is 0 Å². The maximum Gasteiger partial charge on any atom is 0.224 e. The molecule has 0 aliphatic rings. The number of hydrogen-bond acceptors (Lipinski definition) is 3. The summed E-state index contributed by atoms with van der Waals surface area (Å²) in [7, 11) is 0. The van der Waals surface area contributed by atoms with E-state index >= 15 is 0 Å². The first-order chi connectivity index (χ1) is 10.6. The molecule has 0 saturated heterocycles. The van der Waals surface area contributed by atoms with Crippen LogP contribution in [0.5, 0.6) is 0 Å². The van der Waals surface area contributed by atoms with Crippen molar-refractivity contribution in [2.75, 3.05) is 0 Å². The van der Waals surface area contributed by atoms with Gasteiger partial charge in [0.15, 0.2) is 0 Å². The fourth-order valence-corrected chi connectivity index (χ4v) is 3.49. The number of carbonyl (C=O) groups excluding carboxylic acids is 1. The van der Waals surface area contributed by atoms with Gasteiger partial charge in [-0.25, -0.2) is 4.98 Å². The molecule has 0 aliphatic carbocycles. The van der Waals surface area contributed by atoms with Crippen molar-refractivity contribution in [3.8, 4) is 11.3 Å². The second kappa shape index (κ2) is 8.08. The molecule has 0 saturated carbocycles. The number of aromatic nitrogens is 1. The Bertz CT molecular complexity index is 617. The molecule has 1 amide bonds. The Morgan fingerprint density at radius 2 is 1.91 bits per heavy atom. The zero-order valence-electron chi connectivity index (χ0n) is 13.4. The SMILES string of the molecule is CCCCCCc1ccc(-c2nc(CC(N)=O)sc2C)cc1. The highest BCUT2D eigenvalue weighted by Crippen LogP contribution is 2.28. The number of nitrogens with two attached hydrogens (primary N) is 1. The van der Waals surface area contributed by atoms with Crippen LogP contribution in [0.1, 0.15) is 48.1 Å². The number of thiazole rings is 1. The molecule has 1 aromatic carbocycles. The second-order valence-electron chi connectivity index (χ2n) is 5.66. The molecule has 0 fully saturated rings. The first kappa shape index (κ1) is 16.7. The Kier molecular flexibility index (Phi) is 6.13. The number of nitrogens with zero attached hydrogens (tertiary/aromatic N) is 1. The van der Waals surface area contributed by atoms with Gasteiger partial charge in [0.1, 0.15) is 5.01 Å². The van der Waals surface area contributed by atoms with E-state index < -0.39 is 0 Å². The molecule has 0 bridgehead atoms. The minimum Gasteiger partial charge on any atom is -0.369 e. The van der Waals surface area contributed by atoms with Crippen molar-refractivity contribution in [3.63, 3.8) is 0 Å². The van der Waals surface area contributed by atoms with Crippen LogP contribution in [0.3, 0.4) is 0 Å². The third-order valence-electron chi connectivity index (χ3n) is 3.71. The number of aryl methyl sites for hydroxylation is 2. The topological polar surface area (TPSA) is 56.0 Å². The van der Waals surface area contributed by atoms with Gasteiger partial charge in [-0.1, -0.05) is 50.5 Å². The molecule has 0 aliphatic heterocycles. The van der Waals surface area contributed by atoms with Gasteiger partial charge in [0.2, 0.25) is 5.91 Å². The summed E-state index contributed by atoms with van der Waals surface area (Å²) >= 11 is 1.55. The van der Waals surface area contributed by atoms with Crippen LogP contribution >= 0.6 is 11.3 Å². The van der Waals surface area contributed by atoms with Crippen LogP contribution < -0.4 is 5.73 Å². The largest absolute Gasteiger partial charge is 0.369 e. The molecule has 1 heterocycles. The minimum absolute atomic E-state index is 0.223. The van der Waals surface area contributed by atoms with Crippen LogP contribution in [0.15, 0.2) is 24.3 Å². The lowest BCUT2D eigenvalue weighted by Crippen LogP contribution is -2.13. The highest BCUT2D eigenvalue weighted by molar-refractivity contribution is 7.12. The minimum atomic E-state index is -0.331. The Morgan fingerprint density at radius 1 is 1.18 bits per heavy atom. The number of hydrogen-bond donors (Lipinski definition) is 1. The molecule has 0 spiro atoms. The summed E-state index contributed by atoms with van der Waals surface area (Å²) in [5.74, 6) is -0.331. The molecule has 0 atom stereocenters. The van der Waals surface area contributed by atoms with Crippen LogP contribution in [0.25, 0.3) is 11.3 Å². The normalized spacial score (nSPS) is 10.8. The lowest BCUT2D eigenvalue weighted by Gasteiger charge is -2.03. The molecule has 118 valence electrons. The first-order valence-corrected chi connectivity index (χ1v) is 8.75. The number of carbonyl (C=O) groups is 1. The highest BCUT2D eigenvalue weighted by Gasteiger charge is 2.11. The summed E-state index contributed by atoms with van der Waals surface area (Å²) in [4.78, 5) is 16.7. The molecule has 2 rings (SSSR count). The smallest absolute Gasteiger partial charge is 0.224 e. The van der Waals surface area contributed by atoms with Crippen molar-refractivity contribution in [1.82, 2.24) is 4.98 Å². The summed E-state index contributed by atoms with van der Waals surface area (Å²) < 4.78 is 0. The maximum atomic E-state index is 11.0. The molecular weight excluding hydrogens is 292 g/mol. The lowest BCUT2D eigenvalue weighted by atomic mass is 10.0. The summed E-state index contributed by atoms with van der Waals surface area (Å²) in [6.45, 7) is 4.27. The predicted molar refractivity (Wildman–Crippen MR) is 93.0 cm³/mol. The van der Waals surface area contributed by atoms with E-state index in [1.807, 2.05) is 6.92 Å². The molecular formula is C18H24N2OS. The van der Waals surface area contributed by atoms with Gasteiger partial charge in [0.05, 0.1) is 12.1 Å². The van der Waals surface area contributed by atoms with Gasteiger partial charge in [-0.15, -0.1) is 11.3 Å². The van der Waals surface area contributed by atoms with Crippen LogP contribution in [0, 0.1) is 6.92 Å². The van der Waals surface area contributed by atoms with E-state index in [1.54, 1.807) is 11.3 Å². The van der Waals surface area contributed by atoms with E-state index in [-0.39, 0.29) is 12.3 Å². The maximum absolute atomic E-state index is 11.0. The highest BCUT2D eigenvalue weighted by atomic mass is 32.1. The van der Waals surface area contributed by atoms with E-state index in [4.69, 9.17) is 5.73 Å². The zero-order valence-corrected chi connectivity index (χ0v) is 14.2. The van der Waals surface area contributed by atoms with Gasteiger partial charge in [-0.05, 0) is 25.3 Å². The molecule has 2 N–H and O–H groups in total. The number of benzene rings is 1. The van der Waals surface area contributed by atoms with Crippen LogP contribution in [-0.4, -0.2) is 10.9 Å². The third kappa shape index (κ3) is 4.67. The van der Waals surface area contributed by atoms with Crippen molar-refractivity contribution in [3.05, 3.63) is 39.7 Å². The number of rotatable bonds is 8. The third-order valence-corrected chi connectivity index (χ3v) is 4.68. The predicted octanol–water partition coefficient (Wildman–Crippen LogP) is 4.27. The Balaban J connectivity index is 2.03. The summed E-state index contributed by atoms with van der Waals surface area (Å²) in [6, 6.07) is 8.64. The molecule has 0 radical (unpaired) electrons. The summed E-state index contributed by atoms with van der Waals surface area (Å²) in [5, 5.41) is 0.795. The Morgan fingerprint density at radius 3 is 2.55 bits per heavy atom. The van der Waals surface area contributed by atoms with Crippen molar-refractivity contribution in [2.45, 2.75) is 52.4 Å². The average Bonchev–Trinajstić information content (AvgIpc) is 2.84. The summed E-state index contributed by atoms with van der Waals surface area (Å²) in [6.07, 6.45) is 6.52. The molecule has 4 heteroatoms. The van der Waals surface area contributed by atoms with Gasteiger partial charge in [-0.3, -0.25) is 4.79 Å². The Hall–Kier alpha value is -1.68. The first-order valence-electron chi connectivity index (χ1n) is 7.94. The molecule has 1 aromatic heterocycles. The van der Waals surface area contributed by atoms with Crippen LogP contribution in [-0.2, 0) is 17.6 Å². The fraction of sp³-hybridized carbons (Fsp3) is 0.444. The zero-order chi connectivity index (χ0) is 15.9. The monoisotopic (exact) mass is 316 g/mol. The standard InChI is InChI=1S/C18H24N2OS/c1-3-4-5-6-7-14-8-10-15(11-9-14)18-13(2)22-17(20-18)12-16(19)21/h8-11H,3-7,12H2,1-2H3,(H2,19,21). The second-order valence-corrected chi connectivity index (χ2v) is 6.95. The average molecular weight is 316 g/mol. The number of amides is 1. The van der Waals surface area contributed by atoms with E-state index in [9.17, 15) is 4.79 Å². The van der Waals surface area contributed by atoms with Crippen LogP contribution in [0.2, 0.25) is 0 Å². The molecule has 3 nitrogen and oxygen atoms in total. The lowest BCUT2D eigenvalue weighted by molar-refractivity contribution is -0.117. The van der Waals surface area contributed by atoms with Gasteiger partial charge in [0, 0.05) is 10.4 Å². The summed E-state index contributed by atoms with van der Waals surface area (Å²) in [5.41, 5.74) is 8.70. The molecule has 2 aromatic rings. The van der Waals surface area contributed by atoms with Crippen molar-refractivity contribution in [1.29, 1.82) is 0 Å².